The highest BCUT2D eigenvalue weighted by molar-refractivity contribution is 9.10. The topological polar surface area (TPSA) is 111 Å². The summed E-state index contributed by atoms with van der Waals surface area (Å²) in [5.41, 5.74) is 0.718. The van der Waals surface area contributed by atoms with Gasteiger partial charge in [0.15, 0.2) is 0 Å². The van der Waals surface area contributed by atoms with Crippen LogP contribution in [0.3, 0.4) is 0 Å². The zero-order valence-electron chi connectivity index (χ0n) is 16.1. The highest BCUT2D eigenvalue weighted by Crippen LogP contribution is 2.34. The van der Waals surface area contributed by atoms with Gasteiger partial charge in [0.25, 0.3) is 11.7 Å². The predicted molar refractivity (Wildman–Crippen MR) is 108 cm³/mol. The molecule has 2 heterocycles. The summed E-state index contributed by atoms with van der Waals surface area (Å²) < 4.78 is 6.97. The molecule has 1 aromatic heterocycles. The maximum atomic E-state index is 13.0. The number of hydrogen-bond donors (Lipinski definition) is 1. The maximum Gasteiger partial charge on any atom is 0.343 e. The molecule has 10 heteroatoms. The van der Waals surface area contributed by atoms with Crippen LogP contribution in [0, 0.1) is 0 Å². The van der Waals surface area contributed by atoms with Crippen LogP contribution >= 0.6 is 15.9 Å². The number of ether oxygens (including phenoxy) is 1. The lowest BCUT2D eigenvalue weighted by Crippen LogP contribution is -2.47. The number of Topliss-reactive ketones (excluding diaryl/α,β-unsaturated/α-hetero) is 1. The second-order valence-electron chi connectivity index (χ2n) is 6.33. The van der Waals surface area contributed by atoms with Crippen molar-refractivity contribution in [1.29, 1.82) is 0 Å². The molecule has 1 atom stereocenters. The van der Waals surface area contributed by atoms with Crippen molar-refractivity contribution in [2.45, 2.75) is 26.3 Å². The van der Waals surface area contributed by atoms with Crippen LogP contribution in [-0.2, 0) is 21.4 Å². The Labute approximate surface area is 175 Å². The summed E-state index contributed by atoms with van der Waals surface area (Å²) in [5, 5.41) is 6.64. The van der Waals surface area contributed by atoms with Gasteiger partial charge in [-0.05, 0) is 31.5 Å². The SMILES string of the molecule is CCOC(=O)c1cnn(C)c1NC(=O)C(CC)N1C(=O)C(=O)c2cc(Br)ccc21. The molecule has 2 amide bonds. The first-order valence-corrected chi connectivity index (χ1v) is 9.76. The lowest BCUT2D eigenvalue weighted by molar-refractivity contribution is -0.121. The summed E-state index contributed by atoms with van der Waals surface area (Å²) in [6.45, 7) is 3.58. The van der Waals surface area contributed by atoms with E-state index in [0.717, 1.165) is 0 Å². The lowest BCUT2D eigenvalue weighted by atomic mass is 10.1. The third-order valence-corrected chi connectivity index (χ3v) is 5.05. The van der Waals surface area contributed by atoms with E-state index in [1.165, 1.54) is 15.8 Å². The molecule has 1 N–H and O–H groups in total. The number of carbonyl (C=O) groups is 4. The van der Waals surface area contributed by atoms with Crippen LogP contribution in [0.15, 0.2) is 28.9 Å². The molecule has 0 saturated carbocycles. The van der Waals surface area contributed by atoms with Gasteiger partial charge in [-0.2, -0.15) is 5.10 Å². The molecular formula is C19H19BrN4O5. The van der Waals surface area contributed by atoms with Crippen molar-refractivity contribution in [2.24, 2.45) is 7.05 Å². The summed E-state index contributed by atoms with van der Waals surface area (Å²) >= 11 is 3.28. The van der Waals surface area contributed by atoms with Gasteiger partial charge in [-0.1, -0.05) is 22.9 Å². The number of aromatic nitrogens is 2. The van der Waals surface area contributed by atoms with Crippen LogP contribution in [0.25, 0.3) is 0 Å². The molecular weight excluding hydrogens is 444 g/mol. The average molecular weight is 463 g/mol. The van der Waals surface area contributed by atoms with Crippen LogP contribution in [0.2, 0.25) is 0 Å². The Hall–Kier alpha value is -3.01. The van der Waals surface area contributed by atoms with Crippen molar-refractivity contribution in [3.63, 3.8) is 0 Å². The number of benzene rings is 1. The van der Waals surface area contributed by atoms with Gasteiger partial charge in [0.05, 0.1) is 24.1 Å². The minimum atomic E-state index is -0.946. The Kier molecular flexibility index (Phi) is 5.83. The molecule has 152 valence electrons. The van der Waals surface area contributed by atoms with Crippen molar-refractivity contribution in [1.82, 2.24) is 9.78 Å². The summed E-state index contributed by atoms with van der Waals surface area (Å²) in [7, 11) is 1.57. The summed E-state index contributed by atoms with van der Waals surface area (Å²) in [5.74, 6) is -2.44. The number of amides is 2. The molecule has 0 fully saturated rings. The van der Waals surface area contributed by atoms with Crippen LogP contribution in [0.4, 0.5) is 11.5 Å². The van der Waals surface area contributed by atoms with Crippen molar-refractivity contribution in [3.8, 4) is 0 Å². The summed E-state index contributed by atoms with van der Waals surface area (Å²) in [4.78, 5) is 51.3. The summed E-state index contributed by atoms with van der Waals surface area (Å²) in [6.07, 6.45) is 1.55. The third kappa shape index (κ3) is 3.67. The largest absolute Gasteiger partial charge is 0.462 e. The standard InChI is InChI=1S/C19H19BrN4O5/c1-4-13(24-14-7-6-10(20)8-11(14)15(25)18(24)27)17(26)22-16-12(9-21-23(16)3)19(28)29-5-2/h6-9,13H,4-5H2,1-3H3,(H,22,26). The first-order chi connectivity index (χ1) is 13.8. The van der Waals surface area contributed by atoms with Crippen molar-refractivity contribution < 1.29 is 23.9 Å². The van der Waals surface area contributed by atoms with E-state index in [-0.39, 0.29) is 30.0 Å². The number of ketones is 1. The number of nitrogens with one attached hydrogen (secondary N) is 1. The molecule has 0 aliphatic carbocycles. The molecule has 0 saturated heterocycles. The number of hydrogen-bond acceptors (Lipinski definition) is 6. The average Bonchev–Trinajstić information content (AvgIpc) is 3.16. The number of esters is 1. The minimum Gasteiger partial charge on any atom is -0.462 e. The second kappa shape index (κ2) is 8.16. The van der Waals surface area contributed by atoms with E-state index in [9.17, 15) is 19.2 Å². The number of anilines is 2. The Bertz CT molecular complexity index is 1020. The van der Waals surface area contributed by atoms with Crippen LogP contribution in [-0.4, -0.2) is 46.0 Å². The lowest BCUT2D eigenvalue weighted by Gasteiger charge is -2.26. The zero-order valence-corrected chi connectivity index (χ0v) is 17.6. The second-order valence-corrected chi connectivity index (χ2v) is 7.25. The molecule has 1 aliphatic rings. The Balaban J connectivity index is 1.92. The van der Waals surface area contributed by atoms with E-state index in [1.807, 2.05) is 0 Å². The van der Waals surface area contributed by atoms with E-state index in [1.54, 1.807) is 39.1 Å². The molecule has 1 unspecified atom stereocenters. The molecule has 0 spiro atoms. The first kappa shape index (κ1) is 20.7. The maximum absolute atomic E-state index is 13.0. The van der Waals surface area contributed by atoms with E-state index in [0.29, 0.717) is 10.2 Å². The number of aryl methyl sites for hydroxylation is 1. The number of rotatable bonds is 6. The smallest absolute Gasteiger partial charge is 0.343 e. The monoisotopic (exact) mass is 462 g/mol. The number of nitrogens with zero attached hydrogens (tertiary/aromatic N) is 3. The highest BCUT2D eigenvalue weighted by Gasteiger charge is 2.42. The van der Waals surface area contributed by atoms with Gasteiger partial charge in [0.2, 0.25) is 5.91 Å². The minimum absolute atomic E-state index is 0.103. The van der Waals surface area contributed by atoms with Crippen LogP contribution < -0.4 is 10.2 Å². The Morgan fingerprint density at radius 1 is 1.28 bits per heavy atom. The van der Waals surface area contributed by atoms with E-state index >= 15 is 0 Å². The molecule has 2 aromatic rings. The number of carbonyl (C=O) groups excluding carboxylic acids is 4. The molecule has 29 heavy (non-hydrogen) atoms. The van der Waals surface area contributed by atoms with Crippen molar-refractivity contribution in [3.05, 3.63) is 40.0 Å². The van der Waals surface area contributed by atoms with Gasteiger partial charge in [0.1, 0.15) is 17.4 Å². The summed E-state index contributed by atoms with van der Waals surface area (Å²) in [6, 6.07) is 3.92. The van der Waals surface area contributed by atoms with Crippen molar-refractivity contribution in [2.75, 3.05) is 16.8 Å². The van der Waals surface area contributed by atoms with Crippen LogP contribution in [0.5, 0.6) is 0 Å². The van der Waals surface area contributed by atoms with Crippen molar-refractivity contribution >= 4 is 51.0 Å². The van der Waals surface area contributed by atoms with Gasteiger partial charge in [-0.15, -0.1) is 0 Å². The number of halogens is 1. The molecule has 3 rings (SSSR count). The quantitative estimate of drug-likeness (QED) is 0.520. The third-order valence-electron chi connectivity index (χ3n) is 4.55. The van der Waals surface area contributed by atoms with E-state index in [2.05, 4.69) is 26.3 Å². The number of fused-ring (bicyclic) bond motifs is 1. The Morgan fingerprint density at radius 2 is 2.00 bits per heavy atom. The normalized spacial score (nSPS) is 14.0. The van der Waals surface area contributed by atoms with Gasteiger partial charge in [-0.25, -0.2) is 4.79 Å². The highest BCUT2D eigenvalue weighted by atomic mass is 79.9. The molecule has 1 aliphatic heterocycles. The zero-order chi connectivity index (χ0) is 21.3. The Morgan fingerprint density at radius 3 is 2.66 bits per heavy atom. The van der Waals surface area contributed by atoms with Gasteiger partial charge >= 0.3 is 5.97 Å². The molecule has 1 aromatic carbocycles. The fraction of sp³-hybridized carbons (Fsp3) is 0.316. The van der Waals surface area contributed by atoms with Crippen LogP contribution in [0.1, 0.15) is 41.0 Å². The first-order valence-electron chi connectivity index (χ1n) is 8.97. The van der Waals surface area contributed by atoms with E-state index < -0.39 is 29.6 Å². The van der Waals surface area contributed by atoms with Gasteiger partial charge in [-0.3, -0.25) is 24.0 Å². The van der Waals surface area contributed by atoms with Gasteiger partial charge < -0.3 is 10.1 Å². The fourth-order valence-corrected chi connectivity index (χ4v) is 3.53. The molecule has 9 nitrogen and oxygen atoms in total. The molecule has 0 radical (unpaired) electrons. The molecule has 0 bridgehead atoms. The predicted octanol–water partition coefficient (Wildman–Crippen LogP) is 2.31. The fourth-order valence-electron chi connectivity index (χ4n) is 3.17. The van der Waals surface area contributed by atoms with Gasteiger partial charge in [0, 0.05) is 11.5 Å². The van der Waals surface area contributed by atoms with E-state index in [4.69, 9.17) is 4.74 Å².